The predicted octanol–water partition coefficient (Wildman–Crippen LogP) is 2.48. The van der Waals surface area contributed by atoms with Gasteiger partial charge in [-0.05, 0) is 35.7 Å². The van der Waals surface area contributed by atoms with Gasteiger partial charge in [-0.3, -0.25) is 10.1 Å². The minimum atomic E-state index is -0.793. The molecule has 128 valence electrons. The summed E-state index contributed by atoms with van der Waals surface area (Å²) >= 11 is 0. The lowest BCUT2D eigenvalue weighted by atomic mass is 9.99. The molecule has 7 N–H and O–H groups in total. The van der Waals surface area contributed by atoms with Crippen molar-refractivity contribution in [2.45, 2.75) is 13.0 Å². The van der Waals surface area contributed by atoms with Crippen LogP contribution in [0, 0.1) is 0 Å². The number of H-pyrrole nitrogens is 1. The SMILES string of the molecule is C[C@@H](O)c1cccc(-c2ccc3c(C(N)=O)c(NC(N)=O)[nH]c3c2)c1. The monoisotopic (exact) mass is 338 g/mol. The van der Waals surface area contributed by atoms with E-state index in [0.717, 1.165) is 16.7 Å². The third kappa shape index (κ3) is 3.17. The van der Waals surface area contributed by atoms with Gasteiger partial charge >= 0.3 is 6.03 Å². The Hall–Kier alpha value is -3.32. The lowest BCUT2D eigenvalue weighted by Gasteiger charge is -2.08. The van der Waals surface area contributed by atoms with Crippen LogP contribution < -0.4 is 16.8 Å². The van der Waals surface area contributed by atoms with Crippen LogP contribution in [0.25, 0.3) is 22.0 Å². The van der Waals surface area contributed by atoms with Crippen molar-refractivity contribution >= 4 is 28.7 Å². The summed E-state index contributed by atoms with van der Waals surface area (Å²) in [5.74, 6) is -0.497. The van der Waals surface area contributed by atoms with Gasteiger partial charge in [0, 0.05) is 10.9 Å². The molecule has 0 spiro atoms. The number of rotatable bonds is 4. The van der Waals surface area contributed by atoms with Crippen LogP contribution in [0.4, 0.5) is 10.6 Å². The largest absolute Gasteiger partial charge is 0.389 e. The second-order valence-electron chi connectivity index (χ2n) is 5.79. The number of hydrogen-bond donors (Lipinski definition) is 5. The maximum Gasteiger partial charge on any atom is 0.317 e. The minimum Gasteiger partial charge on any atom is -0.389 e. The number of carbonyl (C=O) groups is 2. The summed E-state index contributed by atoms with van der Waals surface area (Å²) in [5, 5.41) is 12.7. The maximum atomic E-state index is 11.7. The molecule has 0 aliphatic heterocycles. The molecule has 0 unspecified atom stereocenters. The fraction of sp³-hybridized carbons (Fsp3) is 0.111. The fourth-order valence-corrected chi connectivity index (χ4v) is 2.83. The normalized spacial score (nSPS) is 12.1. The average Bonchev–Trinajstić information content (AvgIpc) is 2.91. The van der Waals surface area contributed by atoms with Gasteiger partial charge in [0.15, 0.2) is 0 Å². The second-order valence-corrected chi connectivity index (χ2v) is 5.79. The van der Waals surface area contributed by atoms with E-state index in [9.17, 15) is 14.7 Å². The molecular weight excluding hydrogens is 320 g/mol. The summed E-state index contributed by atoms with van der Waals surface area (Å²) in [5.41, 5.74) is 14.0. The zero-order chi connectivity index (χ0) is 18.1. The van der Waals surface area contributed by atoms with Gasteiger partial charge in [0.25, 0.3) is 5.91 Å². The van der Waals surface area contributed by atoms with Crippen LogP contribution in [0.1, 0.15) is 28.9 Å². The van der Waals surface area contributed by atoms with Crippen molar-refractivity contribution in [3.05, 3.63) is 53.6 Å². The zero-order valence-corrected chi connectivity index (χ0v) is 13.5. The molecule has 0 aliphatic rings. The van der Waals surface area contributed by atoms with E-state index in [1.165, 1.54) is 0 Å². The molecule has 0 saturated heterocycles. The van der Waals surface area contributed by atoms with Gasteiger partial charge in [0.1, 0.15) is 5.82 Å². The highest BCUT2D eigenvalue weighted by Crippen LogP contribution is 2.31. The van der Waals surface area contributed by atoms with Crippen molar-refractivity contribution in [1.29, 1.82) is 0 Å². The van der Waals surface area contributed by atoms with Crippen LogP contribution in [0.2, 0.25) is 0 Å². The number of amides is 3. The molecule has 0 aliphatic carbocycles. The van der Waals surface area contributed by atoms with Crippen molar-refractivity contribution in [2.24, 2.45) is 11.5 Å². The van der Waals surface area contributed by atoms with Crippen LogP contribution in [-0.2, 0) is 0 Å². The number of nitrogens with two attached hydrogens (primary N) is 2. The van der Waals surface area contributed by atoms with Crippen molar-refractivity contribution in [1.82, 2.24) is 4.98 Å². The number of hydrogen-bond acceptors (Lipinski definition) is 3. The van der Waals surface area contributed by atoms with Gasteiger partial charge in [-0.2, -0.15) is 0 Å². The number of nitrogens with one attached hydrogen (secondary N) is 2. The molecule has 7 heteroatoms. The molecule has 3 amide bonds. The first kappa shape index (κ1) is 16.5. The highest BCUT2D eigenvalue weighted by atomic mass is 16.3. The number of anilines is 1. The van der Waals surface area contributed by atoms with E-state index in [1.807, 2.05) is 36.4 Å². The molecule has 3 rings (SSSR count). The molecule has 3 aromatic rings. The van der Waals surface area contributed by atoms with Gasteiger partial charge in [0.05, 0.1) is 11.7 Å². The lowest BCUT2D eigenvalue weighted by molar-refractivity contribution is 0.100. The Morgan fingerprint density at radius 1 is 1.12 bits per heavy atom. The topological polar surface area (TPSA) is 134 Å². The first-order valence-corrected chi connectivity index (χ1v) is 7.67. The molecule has 25 heavy (non-hydrogen) atoms. The molecule has 1 heterocycles. The van der Waals surface area contributed by atoms with Crippen LogP contribution in [0.15, 0.2) is 42.5 Å². The Morgan fingerprint density at radius 3 is 2.48 bits per heavy atom. The molecule has 0 saturated carbocycles. The number of aromatic amines is 1. The number of urea groups is 1. The van der Waals surface area contributed by atoms with Gasteiger partial charge < -0.3 is 21.6 Å². The molecule has 0 radical (unpaired) electrons. The van der Waals surface area contributed by atoms with Gasteiger partial charge in [0.2, 0.25) is 0 Å². The van der Waals surface area contributed by atoms with Crippen molar-refractivity contribution in [3.8, 4) is 11.1 Å². The smallest absolute Gasteiger partial charge is 0.317 e. The number of aliphatic hydroxyl groups excluding tert-OH is 1. The number of primary amides is 2. The Balaban J connectivity index is 2.13. The van der Waals surface area contributed by atoms with Crippen LogP contribution in [0.5, 0.6) is 0 Å². The second kappa shape index (κ2) is 6.29. The van der Waals surface area contributed by atoms with E-state index < -0.39 is 18.0 Å². The molecular formula is C18H18N4O3. The van der Waals surface area contributed by atoms with E-state index >= 15 is 0 Å². The van der Waals surface area contributed by atoms with E-state index in [4.69, 9.17) is 11.5 Å². The quantitative estimate of drug-likeness (QED) is 0.500. The summed E-state index contributed by atoms with van der Waals surface area (Å²) in [6.45, 7) is 1.70. The molecule has 2 aromatic carbocycles. The van der Waals surface area contributed by atoms with Crippen LogP contribution >= 0.6 is 0 Å². The van der Waals surface area contributed by atoms with E-state index in [2.05, 4.69) is 10.3 Å². The van der Waals surface area contributed by atoms with E-state index in [0.29, 0.717) is 10.9 Å². The Labute approximate surface area is 143 Å². The summed E-state index contributed by atoms with van der Waals surface area (Å²) in [4.78, 5) is 25.8. The number of aromatic nitrogens is 1. The van der Waals surface area contributed by atoms with Gasteiger partial charge in [-0.15, -0.1) is 0 Å². The predicted molar refractivity (Wildman–Crippen MR) is 96.1 cm³/mol. The zero-order valence-electron chi connectivity index (χ0n) is 13.5. The van der Waals surface area contributed by atoms with Crippen LogP contribution in [-0.4, -0.2) is 22.0 Å². The third-order valence-electron chi connectivity index (χ3n) is 4.00. The summed E-state index contributed by atoms with van der Waals surface area (Å²) < 4.78 is 0. The van der Waals surface area contributed by atoms with E-state index in [1.54, 1.807) is 13.0 Å². The van der Waals surface area contributed by atoms with Crippen LogP contribution in [0.3, 0.4) is 0 Å². The first-order valence-electron chi connectivity index (χ1n) is 7.67. The number of benzene rings is 2. The molecule has 0 fully saturated rings. The third-order valence-corrected chi connectivity index (χ3v) is 4.00. The van der Waals surface area contributed by atoms with Gasteiger partial charge in [-0.1, -0.05) is 30.3 Å². The Bertz CT molecular complexity index is 976. The van der Waals surface area contributed by atoms with Gasteiger partial charge in [-0.25, -0.2) is 4.79 Å². The molecule has 1 aromatic heterocycles. The fourth-order valence-electron chi connectivity index (χ4n) is 2.83. The number of aliphatic hydroxyl groups is 1. The maximum absolute atomic E-state index is 11.7. The summed E-state index contributed by atoms with van der Waals surface area (Å²) in [6, 6.07) is 12.2. The lowest BCUT2D eigenvalue weighted by Crippen LogP contribution is -2.22. The Kier molecular flexibility index (Phi) is 4.16. The highest BCUT2D eigenvalue weighted by molar-refractivity contribution is 6.13. The minimum absolute atomic E-state index is 0.171. The Morgan fingerprint density at radius 2 is 1.84 bits per heavy atom. The average molecular weight is 338 g/mol. The van der Waals surface area contributed by atoms with Crippen molar-refractivity contribution in [2.75, 3.05) is 5.32 Å². The summed E-state index contributed by atoms with van der Waals surface area (Å²) in [7, 11) is 0. The standard InChI is InChI=1S/C18H18N4O3/c1-9(23)10-3-2-4-11(7-10)12-5-6-13-14(8-12)21-17(22-18(20)25)15(13)16(19)24/h2-9,21,23H,1H3,(H2,19,24)(H3,20,22,25)/t9-/m1/s1. The molecule has 0 bridgehead atoms. The van der Waals surface area contributed by atoms with Crippen molar-refractivity contribution in [3.63, 3.8) is 0 Å². The first-order chi connectivity index (χ1) is 11.9. The number of carbonyl (C=O) groups excluding carboxylic acids is 2. The van der Waals surface area contributed by atoms with Crippen molar-refractivity contribution < 1.29 is 14.7 Å². The molecule has 1 atom stereocenters. The molecule has 7 nitrogen and oxygen atoms in total. The number of fused-ring (bicyclic) bond motifs is 1. The highest BCUT2D eigenvalue weighted by Gasteiger charge is 2.18. The summed E-state index contributed by atoms with van der Waals surface area (Å²) in [6.07, 6.45) is -0.568. The van der Waals surface area contributed by atoms with E-state index in [-0.39, 0.29) is 11.4 Å².